The topological polar surface area (TPSA) is 172 Å². The summed E-state index contributed by atoms with van der Waals surface area (Å²) < 4.78 is 7.99. The van der Waals surface area contributed by atoms with Crippen molar-refractivity contribution >= 4 is 40.6 Å². The SMILES string of the molecule is Nc1ncnc2c1c(-c1ccc(Oc3ccccc3)cc1)nn2C1CCN(C(=O)N2CCC(CCN3CCC(c4ccc5c(c4)CN(C4CCC(=O)NC4=O)C5=O)CC3)CC2)CC1. The van der Waals surface area contributed by atoms with Gasteiger partial charge >= 0.3 is 6.03 Å². The number of benzene rings is 3. The van der Waals surface area contributed by atoms with E-state index >= 15 is 0 Å². The third-order valence-corrected chi connectivity index (χ3v) is 14.1. The zero-order chi connectivity index (χ0) is 43.0. The number of imide groups is 1. The molecule has 0 aliphatic carbocycles. The molecule has 4 saturated heterocycles. The van der Waals surface area contributed by atoms with Gasteiger partial charge in [-0.2, -0.15) is 5.10 Å². The number of likely N-dealkylation sites (tertiary alicyclic amines) is 3. The molecule has 1 atom stereocenters. The molecule has 3 N–H and O–H groups in total. The van der Waals surface area contributed by atoms with E-state index in [9.17, 15) is 19.2 Å². The van der Waals surface area contributed by atoms with Crippen LogP contribution in [0.5, 0.6) is 11.5 Å². The quantitative estimate of drug-likeness (QED) is 0.159. The molecule has 2 aromatic heterocycles. The minimum Gasteiger partial charge on any atom is -0.457 e. The molecule has 15 heteroatoms. The van der Waals surface area contributed by atoms with E-state index in [2.05, 4.69) is 37.2 Å². The van der Waals surface area contributed by atoms with Crippen molar-refractivity contribution in [2.75, 3.05) is 51.5 Å². The minimum atomic E-state index is -0.591. The first-order valence-electron chi connectivity index (χ1n) is 22.6. The molecule has 10 rings (SSSR count). The number of fused-ring (bicyclic) bond motifs is 2. The number of nitrogens with two attached hydrogens (primary N) is 1. The number of urea groups is 1. The molecule has 0 radical (unpaired) electrons. The molecule has 0 saturated carbocycles. The van der Waals surface area contributed by atoms with E-state index in [0.29, 0.717) is 54.9 Å². The highest BCUT2D eigenvalue weighted by Crippen LogP contribution is 2.37. The Morgan fingerprint density at radius 2 is 1.51 bits per heavy atom. The van der Waals surface area contributed by atoms with Crippen molar-refractivity contribution in [1.29, 1.82) is 0 Å². The summed E-state index contributed by atoms with van der Waals surface area (Å²) in [5.74, 6) is 2.17. The maximum atomic E-state index is 13.8. The zero-order valence-corrected chi connectivity index (χ0v) is 35.5. The van der Waals surface area contributed by atoms with Gasteiger partial charge in [0.25, 0.3) is 5.91 Å². The van der Waals surface area contributed by atoms with Crippen molar-refractivity contribution in [3.05, 3.63) is 95.8 Å². The summed E-state index contributed by atoms with van der Waals surface area (Å²) in [5, 5.41) is 8.19. The number of ether oxygens (including phenoxy) is 1. The number of hydrogen-bond acceptors (Lipinski definition) is 10. The number of nitrogens with zero attached hydrogens (tertiary/aromatic N) is 8. The van der Waals surface area contributed by atoms with Gasteiger partial charge in [-0.05, 0) is 136 Å². The molecule has 1 unspecified atom stereocenters. The first-order chi connectivity index (χ1) is 30.8. The van der Waals surface area contributed by atoms with E-state index < -0.39 is 6.04 Å². The Morgan fingerprint density at radius 1 is 0.794 bits per heavy atom. The van der Waals surface area contributed by atoms with Gasteiger partial charge in [-0.25, -0.2) is 19.4 Å². The van der Waals surface area contributed by atoms with Crippen LogP contribution in [-0.2, 0) is 16.1 Å². The van der Waals surface area contributed by atoms with E-state index in [-0.39, 0.29) is 36.2 Å². The molecule has 4 fully saturated rings. The normalized spacial score (nSPS) is 20.7. The zero-order valence-electron chi connectivity index (χ0n) is 35.5. The fourth-order valence-corrected chi connectivity index (χ4v) is 10.4. The molecule has 7 heterocycles. The Bertz CT molecular complexity index is 2500. The van der Waals surface area contributed by atoms with Gasteiger partial charge in [-0.3, -0.25) is 19.7 Å². The second-order valence-corrected chi connectivity index (χ2v) is 17.8. The molecular weight excluding hydrogens is 797 g/mol. The number of nitrogen functional groups attached to an aromatic ring is 1. The fourth-order valence-electron chi connectivity index (χ4n) is 10.4. The van der Waals surface area contributed by atoms with Crippen molar-refractivity contribution in [2.45, 2.75) is 82.3 Å². The average molecular weight is 851 g/mol. The van der Waals surface area contributed by atoms with E-state index in [1.165, 1.54) is 11.9 Å². The number of rotatable bonds is 9. The van der Waals surface area contributed by atoms with E-state index in [4.69, 9.17) is 15.6 Å². The maximum Gasteiger partial charge on any atom is 0.320 e. The van der Waals surface area contributed by atoms with Crippen LogP contribution in [0.1, 0.15) is 91.2 Å². The number of amides is 5. The molecule has 5 aliphatic heterocycles. The fraction of sp³-hybridized carbons (Fsp3) is 0.438. The van der Waals surface area contributed by atoms with Crippen LogP contribution in [0.4, 0.5) is 10.6 Å². The Morgan fingerprint density at radius 3 is 2.24 bits per heavy atom. The third-order valence-electron chi connectivity index (χ3n) is 14.1. The lowest BCUT2D eigenvalue weighted by Gasteiger charge is -2.39. The monoisotopic (exact) mass is 850 g/mol. The molecule has 63 heavy (non-hydrogen) atoms. The first kappa shape index (κ1) is 40.7. The lowest BCUT2D eigenvalue weighted by Crippen LogP contribution is -2.52. The molecule has 15 nitrogen and oxygen atoms in total. The van der Waals surface area contributed by atoms with Crippen LogP contribution in [0.25, 0.3) is 22.3 Å². The van der Waals surface area contributed by atoms with Gasteiger partial charge in [-0.15, -0.1) is 0 Å². The van der Waals surface area contributed by atoms with Gasteiger partial charge in [0.1, 0.15) is 35.4 Å². The second kappa shape index (κ2) is 17.4. The Kier molecular flexibility index (Phi) is 11.3. The van der Waals surface area contributed by atoms with Gasteiger partial charge < -0.3 is 30.1 Å². The third kappa shape index (κ3) is 8.33. The van der Waals surface area contributed by atoms with E-state index in [1.807, 2.05) is 70.2 Å². The number of hydrogen-bond donors (Lipinski definition) is 2. The van der Waals surface area contributed by atoms with Crippen molar-refractivity contribution in [2.24, 2.45) is 5.92 Å². The summed E-state index contributed by atoms with van der Waals surface area (Å²) in [4.78, 5) is 68.3. The van der Waals surface area contributed by atoms with Gasteiger partial charge in [0, 0.05) is 50.3 Å². The highest BCUT2D eigenvalue weighted by molar-refractivity contribution is 6.05. The number of carbonyl (C=O) groups is 4. The number of nitrogens with one attached hydrogen (secondary N) is 1. The predicted molar refractivity (Wildman–Crippen MR) is 237 cm³/mol. The largest absolute Gasteiger partial charge is 0.457 e. The second-order valence-electron chi connectivity index (χ2n) is 17.8. The standard InChI is InChI=1S/C48H54N10O5/c49-44-42-43(33-6-9-38(10-7-33)63-37-4-2-1-3-5-37)53-58(45(42)51-30-50-44)36-19-26-56(27-20-36)48(62)55-24-15-31(16-25-55)14-21-54-22-17-32(18-23-54)34-8-11-39-35(28-34)29-57(47(39)61)40-12-13-41(59)52-46(40)60/h1-11,28,30-32,36,40H,12-27,29H2,(H2,49,50,51)(H,52,59,60). The molecule has 326 valence electrons. The Hall–Kier alpha value is -6.35. The van der Waals surface area contributed by atoms with Crippen LogP contribution in [0.15, 0.2) is 79.1 Å². The van der Waals surface area contributed by atoms with Crippen LogP contribution in [0, 0.1) is 5.92 Å². The smallest absolute Gasteiger partial charge is 0.320 e. The van der Waals surface area contributed by atoms with E-state index in [0.717, 1.165) is 111 Å². The maximum absolute atomic E-state index is 13.8. The van der Waals surface area contributed by atoms with Crippen LogP contribution in [-0.4, -0.2) is 115 Å². The predicted octanol–water partition coefficient (Wildman–Crippen LogP) is 6.37. The van der Waals surface area contributed by atoms with Crippen LogP contribution >= 0.6 is 0 Å². The Labute approximate surface area is 366 Å². The summed E-state index contributed by atoms with van der Waals surface area (Å²) in [6.45, 7) is 6.49. The minimum absolute atomic E-state index is 0.0768. The van der Waals surface area contributed by atoms with Crippen LogP contribution in [0.3, 0.4) is 0 Å². The Balaban J connectivity index is 0.675. The lowest BCUT2D eigenvalue weighted by molar-refractivity contribution is -0.136. The van der Waals surface area contributed by atoms with Crippen molar-refractivity contribution in [3.63, 3.8) is 0 Å². The summed E-state index contributed by atoms with van der Waals surface area (Å²) in [6.07, 6.45) is 9.04. The molecule has 5 aromatic rings. The highest BCUT2D eigenvalue weighted by atomic mass is 16.5. The van der Waals surface area contributed by atoms with Gasteiger partial charge in [0.2, 0.25) is 11.8 Å². The van der Waals surface area contributed by atoms with Crippen molar-refractivity contribution in [1.82, 2.24) is 44.7 Å². The molecule has 5 amide bonds. The number of aromatic nitrogens is 4. The number of anilines is 1. The van der Waals surface area contributed by atoms with Gasteiger partial charge in [-0.1, -0.05) is 30.3 Å². The molecule has 5 aliphatic rings. The molecule has 0 spiro atoms. The van der Waals surface area contributed by atoms with Crippen molar-refractivity contribution < 1.29 is 23.9 Å². The first-order valence-corrected chi connectivity index (χ1v) is 22.6. The summed E-state index contributed by atoms with van der Waals surface area (Å²) in [6, 6.07) is 23.3. The molecular formula is C48H54N10O5. The number of piperidine rings is 4. The van der Waals surface area contributed by atoms with Crippen molar-refractivity contribution in [3.8, 4) is 22.8 Å². The lowest BCUT2D eigenvalue weighted by atomic mass is 9.87. The van der Waals surface area contributed by atoms with Gasteiger partial charge in [0.15, 0.2) is 5.65 Å². The highest BCUT2D eigenvalue weighted by Gasteiger charge is 2.39. The van der Waals surface area contributed by atoms with E-state index in [1.54, 1.807) is 4.90 Å². The summed E-state index contributed by atoms with van der Waals surface area (Å²) >= 11 is 0. The molecule has 0 bridgehead atoms. The summed E-state index contributed by atoms with van der Waals surface area (Å²) in [7, 11) is 0. The molecule has 3 aromatic carbocycles. The number of para-hydroxylation sites is 1. The number of carbonyl (C=O) groups excluding carboxylic acids is 4. The van der Waals surface area contributed by atoms with Crippen LogP contribution in [0.2, 0.25) is 0 Å². The summed E-state index contributed by atoms with van der Waals surface area (Å²) in [5.41, 5.74) is 11.7. The average Bonchev–Trinajstić information content (AvgIpc) is 3.87. The van der Waals surface area contributed by atoms with Gasteiger partial charge in [0.05, 0.1) is 11.4 Å². The van der Waals surface area contributed by atoms with Crippen LogP contribution < -0.4 is 15.8 Å².